The average molecular weight is 402 g/mol. The van der Waals surface area contributed by atoms with Crippen LogP contribution in [0.1, 0.15) is 19.6 Å². The Morgan fingerprint density at radius 1 is 1.46 bits per heavy atom. The van der Waals surface area contributed by atoms with Gasteiger partial charge >= 0.3 is 0 Å². The van der Waals surface area contributed by atoms with Gasteiger partial charge in [0.2, 0.25) is 5.91 Å². The van der Waals surface area contributed by atoms with Gasteiger partial charge in [0, 0.05) is 27.6 Å². The van der Waals surface area contributed by atoms with Gasteiger partial charge in [0.1, 0.15) is 0 Å². The highest BCUT2D eigenvalue weighted by Crippen LogP contribution is 2.36. The molecule has 0 radical (unpaired) electrons. The van der Waals surface area contributed by atoms with Gasteiger partial charge in [-0.15, -0.1) is 0 Å². The zero-order chi connectivity index (χ0) is 19.8. The number of aromatic nitrogens is 3. The zero-order valence-corrected chi connectivity index (χ0v) is 16.5. The molecule has 1 saturated heterocycles. The number of amides is 1. The molecule has 0 saturated carbocycles. The molecule has 2 aromatic heterocycles. The Hall–Kier alpha value is -2.83. The summed E-state index contributed by atoms with van der Waals surface area (Å²) in [5.74, 6) is 2.32. The topological polar surface area (TPSA) is 128 Å². The van der Waals surface area contributed by atoms with E-state index in [4.69, 9.17) is 0 Å². The molecule has 2 aliphatic heterocycles. The largest absolute Gasteiger partial charge is 0.763 e. The number of nitrogens with zero attached hydrogens (tertiary/aromatic N) is 8. The molecule has 12 nitrogen and oxygen atoms in total. The van der Waals surface area contributed by atoms with Crippen molar-refractivity contribution in [1.29, 1.82) is 0 Å². The molecule has 1 amide bonds. The number of carbonyl (C=O) groups excluding carboxylic acids is 1. The number of rotatable bonds is 1. The molecule has 0 aliphatic carbocycles. The van der Waals surface area contributed by atoms with E-state index in [0.29, 0.717) is 33.2 Å². The van der Waals surface area contributed by atoms with Crippen LogP contribution >= 0.6 is 11.3 Å². The maximum atomic E-state index is 12.4. The second kappa shape index (κ2) is 7.30. The molecule has 1 fully saturated rings. The molecule has 28 heavy (non-hydrogen) atoms. The maximum absolute atomic E-state index is 12.4. The van der Waals surface area contributed by atoms with Crippen LogP contribution in [0.3, 0.4) is 0 Å². The second-order valence-corrected chi connectivity index (χ2v) is 7.51. The number of anilines is 3. The third-order valence-corrected chi connectivity index (χ3v) is 5.44. The van der Waals surface area contributed by atoms with Gasteiger partial charge in [0.05, 0.1) is 11.4 Å². The van der Waals surface area contributed by atoms with Crippen molar-refractivity contribution in [2.75, 3.05) is 42.5 Å². The summed E-state index contributed by atoms with van der Waals surface area (Å²) in [7, 11) is 3.75. The summed E-state index contributed by atoms with van der Waals surface area (Å²) in [6.45, 7) is 2.90. The summed E-state index contributed by atoms with van der Waals surface area (Å²) in [5.41, 5.74) is 6.52. The number of carbonyl (C=O) groups is 1. The van der Waals surface area contributed by atoms with E-state index in [-0.39, 0.29) is 5.91 Å². The summed E-state index contributed by atoms with van der Waals surface area (Å²) < 4.78 is 1.62. The van der Waals surface area contributed by atoms with Crippen LogP contribution in [0, 0.1) is 0 Å². The fraction of sp³-hybridized carbons (Fsp3) is 0.467. The van der Waals surface area contributed by atoms with Crippen LogP contribution in [0.2, 0.25) is 0 Å². The second-order valence-electron chi connectivity index (χ2n) is 6.53. The number of hydrazine groups is 2. The maximum Gasteiger partial charge on any atom is 0.240 e. The predicted octanol–water partition coefficient (Wildman–Crippen LogP) is -1.50. The van der Waals surface area contributed by atoms with E-state index in [1.165, 1.54) is 29.5 Å². The third kappa shape index (κ3) is 3.15. The fourth-order valence-electron chi connectivity index (χ4n) is 2.98. The Bertz CT molecular complexity index is 1040. The molecular weight excluding hydrogens is 382 g/mol. The van der Waals surface area contributed by atoms with Crippen LogP contribution in [0.4, 0.5) is 16.0 Å². The standard InChI is InChI=1S/C15H20N11OS/c1-9(27)25-12-13(28-15(19-12)23(2)3)21-20-11-10(7-16)8-18-26(11)14-17-5-4-6-24(14)22-25/h8,14,17,21-22H,4-6H2,1-3H3/q-1/b20-11+. The van der Waals surface area contributed by atoms with E-state index in [0.717, 1.165) is 13.0 Å². The van der Waals surface area contributed by atoms with Gasteiger partial charge in [-0.05, 0) is 13.0 Å². The number of hydrogen-bond donors (Lipinski definition) is 3. The summed E-state index contributed by atoms with van der Waals surface area (Å²) in [4.78, 5) is 18.9. The normalized spacial score (nSPS) is 20.6. The minimum Gasteiger partial charge on any atom is -0.763 e. The lowest BCUT2D eigenvalue weighted by molar-refractivity contribution is -0.119. The molecule has 4 rings (SSSR count). The van der Waals surface area contributed by atoms with Gasteiger partial charge in [-0.25, -0.2) is 9.69 Å². The molecule has 148 valence electrons. The molecule has 1 atom stereocenters. The Labute approximate surface area is 164 Å². The van der Waals surface area contributed by atoms with Gasteiger partial charge in [-0.3, -0.25) is 21.4 Å². The predicted molar refractivity (Wildman–Crippen MR) is 105 cm³/mol. The molecule has 3 N–H and O–H groups in total. The van der Waals surface area contributed by atoms with Crippen molar-refractivity contribution in [1.82, 2.24) is 30.6 Å². The van der Waals surface area contributed by atoms with Crippen molar-refractivity contribution in [2.45, 2.75) is 19.6 Å². The Kier molecular flexibility index (Phi) is 4.83. The summed E-state index contributed by atoms with van der Waals surface area (Å²) >= 11 is 1.35. The Balaban J connectivity index is 1.93. The van der Waals surface area contributed by atoms with Gasteiger partial charge in [0.25, 0.3) is 0 Å². The minimum absolute atomic E-state index is 0.220. The first kappa shape index (κ1) is 18.5. The molecular formula is C15H20N11OS-. The highest BCUT2D eigenvalue weighted by molar-refractivity contribution is 7.20. The lowest BCUT2D eigenvalue weighted by Gasteiger charge is -2.39. The summed E-state index contributed by atoms with van der Waals surface area (Å²) in [5, 5.41) is 26.4. The van der Waals surface area contributed by atoms with E-state index >= 15 is 0 Å². The molecule has 2 aromatic rings. The number of nitrogens with one attached hydrogen (secondary N) is 3. The van der Waals surface area contributed by atoms with E-state index in [9.17, 15) is 10.2 Å². The highest BCUT2D eigenvalue weighted by atomic mass is 32.1. The fourth-order valence-corrected chi connectivity index (χ4v) is 3.79. The molecule has 0 bridgehead atoms. The van der Waals surface area contributed by atoms with Crippen molar-refractivity contribution < 1.29 is 4.79 Å². The lowest BCUT2D eigenvalue weighted by atomic mass is 10.3. The smallest absolute Gasteiger partial charge is 0.240 e. The van der Waals surface area contributed by atoms with Crippen LogP contribution in [0.25, 0.3) is 5.41 Å². The van der Waals surface area contributed by atoms with Gasteiger partial charge in [-0.1, -0.05) is 11.3 Å². The van der Waals surface area contributed by atoms with E-state index in [2.05, 4.69) is 37.3 Å². The van der Waals surface area contributed by atoms with Gasteiger partial charge in [-0.2, -0.15) is 25.7 Å². The van der Waals surface area contributed by atoms with Crippen LogP contribution < -0.4 is 36.9 Å². The zero-order valence-electron chi connectivity index (χ0n) is 15.7. The number of fused-ring (bicyclic) bond motifs is 4. The monoisotopic (exact) mass is 402 g/mol. The van der Waals surface area contributed by atoms with Crippen molar-refractivity contribution in [3.63, 3.8) is 0 Å². The first-order valence-corrected chi connectivity index (χ1v) is 9.50. The number of thiazole rings is 1. The van der Waals surface area contributed by atoms with Gasteiger partial charge in [0.15, 0.2) is 27.7 Å². The molecule has 0 spiro atoms. The number of hydrogen-bond acceptors (Lipinski definition) is 10. The Morgan fingerprint density at radius 2 is 2.29 bits per heavy atom. The van der Waals surface area contributed by atoms with E-state index in [1.807, 2.05) is 24.0 Å². The van der Waals surface area contributed by atoms with Crippen LogP contribution in [-0.2, 0) is 4.79 Å². The molecule has 4 heterocycles. The van der Waals surface area contributed by atoms with Crippen molar-refractivity contribution in [3.8, 4) is 0 Å². The Morgan fingerprint density at radius 3 is 3.00 bits per heavy atom. The molecule has 1 unspecified atom stereocenters. The van der Waals surface area contributed by atoms with Crippen molar-refractivity contribution in [3.05, 3.63) is 22.3 Å². The molecule has 13 heteroatoms. The molecule has 0 aromatic carbocycles. The summed E-state index contributed by atoms with van der Waals surface area (Å²) in [6.07, 6.45) is 1.93. The van der Waals surface area contributed by atoms with E-state index in [1.54, 1.807) is 4.68 Å². The van der Waals surface area contributed by atoms with Crippen LogP contribution in [0.15, 0.2) is 11.3 Å². The first-order chi connectivity index (χ1) is 13.5. The third-order valence-electron chi connectivity index (χ3n) is 4.32. The van der Waals surface area contributed by atoms with E-state index < -0.39 is 6.29 Å². The SMILES string of the molecule is CC(=O)N1NN2CCCNC2n2ncc(=C=[N-])/c2=N\Nc2sc(N(C)C)nc21. The molecule has 2 aliphatic rings. The van der Waals surface area contributed by atoms with Crippen molar-refractivity contribution >= 4 is 39.1 Å². The van der Waals surface area contributed by atoms with Crippen LogP contribution in [0.5, 0.6) is 0 Å². The van der Waals surface area contributed by atoms with Gasteiger partial charge < -0.3 is 10.3 Å². The van der Waals surface area contributed by atoms with Crippen LogP contribution in [-0.4, -0.2) is 58.7 Å². The minimum atomic E-state index is -0.424. The highest BCUT2D eigenvalue weighted by Gasteiger charge is 2.31. The summed E-state index contributed by atoms with van der Waals surface area (Å²) in [6, 6.07) is 0. The quantitative estimate of drug-likeness (QED) is 0.492. The first-order valence-electron chi connectivity index (χ1n) is 8.69. The van der Waals surface area contributed by atoms with Crippen molar-refractivity contribution in [2.24, 2.45) is 5.10 Å². The lowest BCUT2D eigenvalue weighted by Crippen LogP contribution is -2.62. The average Bonchev–Trinajstić information content (AvgIpc) is 3.28.